The molecule has 0 radical (unpaired) electrons. The van der Waals surface area contributed by atoms with E-state index in [0.717, 1.165) is 0 Å². The summed E-state index contributed by atoms with van der Waals surface area (Å²) in [5, 5.41) is 23.3. The standard InChI is InChI=1S/C10H13N3O5/c14-8(2-5-13-4-1-3-11-13)12-7(10(17)18)6-9(15)16/h1,3-4,7H,2,5-6H2,(H,12,14)(H,15,16)(H,17,18). The van der Waals surface area contributed by atoms with E-state index in [4.69, 9.17) is 10.2 Å². The first-order valence-corrected chi connectivity index (χ1v) is 5.20. The third-order valence-electron chi connectivity index (χ3n) is 2.14. The number of carbonyl (C=O) groups is 3. The van der Waals surface area contributed by atoms with Crippen molar-refractivity contribution in [2.24, 2.45) is 0 Å². The lowest BCUT2D eigenvalue weighted by Gasteiger charge is -2.12. The van der Waals surface area contributed by atoms with Gasteiger partial charge in [0.25, 0.3) is 0 Å². The van der Waals surface area contributed by atoms with Crippen molar-refractivity contribution < 1.29 is 24.6 Å². The molecular formula is C10H13N3O5. The molecule has 1 rings (SSSR count). The highest BCUT2D eigenvalue weighted by molar-refractivity contribution is 5.86. The highest BCUT2D eigenvalue weighted by atomic mass is 16.4. The van der Waals surface area contributed by atoms with Gasteiger partial charge in [0.2, 0.25) is 5.91 Å². The summed E-state index contributed by atoms with van der Waals surface area (Å²) in [6.07, 6.45) is 2.61. The number of nitrogens with one attached hydrogen (secondary N) is 1. The maximum Gasteiger partial charge on any atom is 0.326 e. The van der Waals surface area contributed by atoms with Crippen molar-refractivity contribution in [3.63, 3.8) is 0 Å². The van der Waals surface area contributed by atoms with E-state index in [1.165, 1.54) is 4.68 Å². The van der Waals surface area contributed by atoms with Crippen molar-refractivity contribution in [1.29, 1.82) is 0 Å². The second-order valence-electron chi connectivity index (χ2n) is 3.58. The molecule has 0 aliphatic heterocycles. The largest absolute Gasteiger partial charge is 0.481 e. The highest BCUT2D eigenvalue weighted by Crippen LogP contribution is 1.95. The van der Waals surface area contributed by atoms with Crippen LogP contribution in [0.5, 0.6) is 0 Å². The number of rotatable bonds is 7. The molecule has 0 fully saturated rings. The van der Waals surface area contributed by atoms with Crippen molar-refractivity contribution in [2.45, 2.75) is 25.4 Å². The minimum Gasteiger partial charge on any atom is -0.481 e. The number of aliphatic carboxylic acids is 2. The van der Waals surface area contributed by atoms with E-state index in [0.29, 0.717) is 6.54 Å². The molecule has 0 aliphatic rings. The Labute approximate surface area is 102 Å². The maximum atomic E-state index is 11.4. The fourth-order valence-corrected chi connectivity index (χ4v) is 1.29. The fraction of sp³-hybridized carbons (Fsp3) is 0.400. The molecule has 0 saturated heterocycles. The first-order valence-electron chi connectivity index (χ1n) is 5.20. The summed E-state index contributed by atoms with van der Waals surface area (Å²) >= 11 is 0. The summed E-state index contributed by atoms with van der Waals surface area (Å²) in [4.78, 5) is 32.5. The van der Waals surface area contributed by atoms with Crippen LogP contribution in [-0.2, 0) is 20.9 Å². The van der Waals surface area contributed by atoms with Gasteiger partial charge in [0.05, 0.1) is 6.42 Å². The zero-order valence-electron chi connectivity index (χ0n) is 9.44. The molecule has 18 heavy (non-hydrogen) atoms. The minimum atomic E-state index is -1.41. The normalized spacial score (nSPS) is 11.8. The lowest BCUT2D eigenvalue weighted by molar-refractivity contribution is -0.147. The van der Waals surface area contributed by atoms with E-state index in [9.17, 15) is 14.4 Å². The van der Waals surface area contributed by atoms with Gasteiger partial charge in [-0.05, 0) is 6.07 Å². The Morgan fingerprint density at radius 1 is 1.33 bits per heavy atom. The number of carboxylic acid groups (broad SMARTS) is 2. The Bertz CT molecular complexity index is 429. The number of hydrogen-bond donors (Lipinski definition) is 3. The Morgan fingerprint density at radius 3 is 2.56 bits per heavy atom. The molecular weight excluding hydrogens is 242 g/mol. The second kappa shape index (κ2) is 6.38. The maximum absolute atomic E-state index is 11.4. The van der Waals surface area contributed by atoms with Crippen LogP contribution in [0.3, 0.4) is 0 Å². The van der Waals surface area contributed by atoms with Gasteiger partial charge in [-0.3, -0.25) is 14.3 Å². The van der Waals surface area contributed by atoms with E-state index in [1.54, 1.807) is 18.5 Å². The van der Waals surface area contributed by atoms with Crippen LogP contribution in [0.1, 0.15) is 12.8 Å². The lowest BCUT2D eigenvalue weighted by Crippen LogP contribution is -2.42. The molecule has 8 heteroatoms. The molecule has 3 N–H and O–H groups in total. The number of aryl methyl sites for hydroxylation is 1. The van der Waals surface area contributed by atoms with Crippen molar-refractivity contribution >= 4 is 17.8 Å². The van der Waals surface area contributed by atoms with Gasteiger partial charge in [-0.25, -0.2) is 4.79 Å². The van der Waals surface area contributed by atoms with Gasteiger partial charge in [0, 0.05) is 25.4 Å². The van der Waals surface area contributed by atoms with Gasteiger partial charge in [0.1, 0.15) is 6.04 Å². The van der Waals surface area contributed by atoms with Crippen LogP contribution in [0.25, 0.3) is 0 Å². The molecule has 98 valence electrons. The van der Waals surface area contributed by atoms with Crippen molar-refractivity contribution in [3.8, 4) is 0 Å². The average Bonchev–Trinajstić information content (AvgIpc) is 2.77. The number of aromatic nitrogens is 2. The third kappa shape index (κ3) is 4.64. The molecule has 0 saturated carbocycles. The van der Waals surface area contributed by atoms with E-state index in [2.05, 4.69) is 10.4 Å². The quantitative estimate of drug-likeness (QED) is 0.593. The lowest BCUT2D eigenvalue weighted by atomic mass is 10.2. The van der Waals surface area contributed by atoms with E-state index >= 15 is 0 Å². The van der Waals surface area contributed by atoms with Gasteiger partial charge >= 0.3 is 11.9 Å². The molecule has 1 aromatic heterocycles. The molecule has 1 amide bonds. The monoisotopic (exact) mass is 255 g/mol. The molecule has 1 atom stereocenters. The average molecular weight is 255 g/mol. The topological polar surface area (TPSA) is 122 Å². The van der Waals surface area contributed by atoms with Crippen LogP contribution in [-0.4, -0.2) is 43.9 Å². The van der Waals surface area contributed by atoms with Crippen LogP contribution < -0.4 is 5.32 Å². The van der Waals surface area contributed by atoms with Crippen molar-refractivity contribution in [3.05, 3.63) is 18.5 Å². The zero-order valence-corrected chi connectivity index (χ0v) is 9.44. The van der Waals surface area contributed by atoms with Crippen LogP contribution >= 0.6 is 0 Å². The van der Waals surface area contributed by atoms with E-state index in [1.807, 2.05) is 0 Å². The number of amides is 1. The van der Waals surface area contributed by atoms with Crippen LogP contribution in [0.2, 0.25) is 0 Å². The fourth-order valence-electron chi connectivity index (χ4n) is 1.29. The first-order chi connectivity index (χ1) is 8.49. The van der Waals surface area contributed by atoms with Crippen molar-refractivity contribution in [1.82, 2.24) is 15.1 Å². The van der Waals surface area contributed by atoms with Crippen LogP contribution in [0, 0.1) is 0 Å². The molecule has 0 aromatic carbocycles. The minimum absolute atomic E-state index is 0.0328. The van der Waals surface area contributed by atoms with Gasteiger partial charge in [-0.15, -0.1) is 0 Å². The summed E-state index contributed by atoms with van der Waals surface area (Å²) in [6, 6.07) is 0.287. The van der Waals surface area contributed by atoms with Gasteiger partial charge in [-0.2, -0.15) is 5.10 Å². The van der Waals surface area contributed by atoms with Gasteiger partial charge in [0.15, 0.2) is 0 Å². The Kier molecular flexibility index (Phi) is 4.85. The zero-order chi connectivity index (χ0) is 13.5. The molecule has 8 nitrogen and oxygen atoms in total. The predicted octanol–water partition coefficient (Wildman–Crippen LogP) is -0.683. The van der Waals surface area contributed by atoms with Crippen molar-refractivity contribution in [2.75, 3.05) is 0 Å². The Balaban J connectivity index is 2.41. The number of nitrogens with zero attached hydrogens (tertiary/aromatic N) is 2. The molecule has 0 spiro atoms. The molecule has 1 heterocycles. The summed E-state index contributed by atoms with van der Waals surface area (Å²) in [5.74, 6) is -3.18. The van der Waals surface area contributed by atoms with E-state index in [-0.39, 0.29) is 6.42 Å². The molecule has 1 unspecified atom stereocenters. The third-order valence-corrected chi connectivity index (χ3v) is 2.14. The molecule has 0 bridgehead atoms. The van der Waals surface area contributed by atoms with Crippen LogP contribution in [0.15, 0.2) is 18.5 Å². The first kappa shape index (κ1) is 13.7. The summed E-state index contributed by atoms with van der Waals surface area (Å²) in [6.45, 7) is 0.304. The molecule has 0 aliphatic carbocycles. The number of carbonyl (C=O) groups excluding carboxylic acids is 1. The van der Waals surface area contributed by atoms with E-state index < -0.39 is 30.3 Å². The predicted molar refractivity (Wildman–Crippen MR) is 58.7 cm³/mol. The number of carboxylic acids is 2. The smallest absolute Gasteiger partial charge is 0.326 e. The van der Waals surface area contributed by atoms with Gasteiger partial charge in [-0.1, -0.05) is 0 Å². The second-order valence-corrected chi connectivity index (χ2v) is 3.58. The Morgan fingerprint density at radius 2 is 2.06 bits per heavy atom. The SMILES string of the molecule is O=C(O)CC(NC(=O)CCn1cccn1)C(=O)O. The van der Waals surface area contributed by atoms with Gasteiger partial charge < -0.3 is 15.5 Å². The number of hydrogen-bond acceptors (Lipinski definition) is 4. The summed E-state index contributed by atoms with van der Waals surface area (Å²) in [7, 11) is 0. The van der Waals surface area contributed by atoms with Crippen LogP contribution in [0.4, 0.5) is 0 Å². The summed E-state index contributed by atoms with van der Waals surface area (Å²) in [5.41, 5.74) is 0. The summed E-state index contributed by atoms with van der Waals surface area (Å²) < 4.78 is 1.52. The highest BCUT2D eigenvalue weighted by Gasteiger charge is 2.22. The molecule has 1 aromatic rings. The Hall–Kier alpha value is -2.38.